The van der Waals surface area contributed by atoms with Gasteiger partial charge in [0.25, 0.3) is 0 Å². The Balaban J connectivity index is 1.46. The fraction of sp³-hybridized carbons (Fsp3) is 1.00. The molecule has 4 aliphatic carbocycles. The molecule has 7 atom stereocenters. The molecule has 0 aromatic carbocycles. The van der Waals surface area contributed by atoms with Crippen LogP contribution in [0.4, 0.5) is 0 Å². The summed E-state index contributed by atoms with van der Waals surface area (Å²) >= 11 is 0. The van der Waals surface area contributed by atoms with Gasteiger partial charge in [-0.05, 0) is 65.3 Å². The molecule has 0 aliphatic heterocycles. The second-order valence-corrected chi connectivity index (χ2v) is 30.3. The van der Waals surface area contributed by atoms with Gasteiger partial charge in [-0.1, -0.05) is 98.3 Å². The molecule has 28 heavy (non-hydrogen) atoms. The largest absolute Gasteiger partial charge is 0.0711 e. The summed E-state index contributed by atoms with van der Waals surface area (Å²) in [6, 6.07) is 0. The van der Waals surface area contributed by atoms with Crippen molar-refractivity contribution in [3.8, 4) is 0 Å². The van der Waals surface area contributed by atoms with E-state index in [-0.39, 0.29) is 0 Å². The van der Waals surface area contributed by atoms with Gasteiger partial charge in [0.2, 0.25) is 0 Å². The summed E-state index contributed by atoms with van der Waals surface area (Å²) in [6.45, 7) is 18.9. The van der Waals surface area contributed by atoms with Gasteiger partial charge in [0.05, 0.1) is 0 Å². The Kier molecular flexibility index (Phi) is 5.83. The molecule has 0 saturated heterocycles. The minimum atomic E-state index is -1.16. The van der Waals surface area contributed by atoms with Crippen LogP contribution >= 0.6 is 0 Å². The van der Waals surface area contributed by atoms with Gasteiger partial charge in [-0.3, -0.25) is 0 Å². The van der Waals surface area contributed by atoms with Gasteiger partial charge < -0.3 is 0 Å². The Hall–Kier alpha value is 0.434. The summed E-state index contributed by atoms with van der Waals surface area (Å²) in [5, 5.41) is 0. The van der Waals surface area contributed by atoms with Crippen LogP contribution in [-0.4, -0.2) is 15.2 Å². The van der Waals surface area contributed by atoms with E-state index < -0.39 is 15.2 Å². The lowest BCUT2D eigenvalue weighted by Crippen LogP contribution is -2.61. The third-order valence-electron chi connectivity index (χ3n) is 11.0. The summed E-state index contributed by atoms with van der Waals surface area (Å²) in [4.78, 5) is 0. The molecule has 2 heteroatoms. The van der Waals surface area contributed by atoms with Gasteiger partial charge in [0, 0.05) is 15.2 Å². The lowest BCUT2D eigenvalue weighted by atomic mass is 9.71. The third kappa shape index (κ3) is 3.87. The van der Waals surface area contributed by atoms with Gasteiger partial charge in [-0.15, -0.1) is 0 Å². The van der Waals surface area contributed by atoms with Crippen LogP contribution in [0.5, 0.6) is 0 Å². The van der Waals surface area contributed by atoms with Crippen molar-refractivity contribution in [2.24, 2.45) is 35.0 Å². The van der Waals surface area contributed by atoms with Crippen LogP contribution in [0.15, 0.2) is 0 Å². The lowest BCUT2D eigenvalue weighted by molar-refractivity contribution is 0.156. The van der Waals surface area contributed by atoms with Gasteiger partial charge in [-0.2, -0.15) is 0 Å². The van der Waals surface area contributed by atoms with Crippen molar-refractivity contribution < 1.29 is 0 Å². The standard InChI is InChI=1S/C26H50Si2/c1-26(2,3)18-19-11-13-23(15-19)27(4,5)28(6,7)25-14-12-22-16-20-9-8-10-21(20)17-24(22)25/h19-25H,8-18H2,1-7H3. The van der Waals surface area contributed by atoms with E-state index in [1.165, 1.54) is 12.0 Å². The summed E-state index contributed by atoms with van der Waals surface area (Å²) < 4.78 is 0. The number of hydrogen-bond acceptors (Lipinski definition) is 0. The van der Waals surface area contributed by atoms with Crippen LogP contribution in [-0.2, 0) is 0 Å². The second kappa shape index (κ2) is 7.54. The first-order valence-corrected chi connectivity index (χ1v) is 20.1. The topological polar surface area (TPSA) is 0 Å². The zero-order valence-corrected chi connectivity index (χ0v) is 22.3. The van der Waals surface area contributed by atoms with E-state index >= 15 is 0 Å². The normalized spacial score (nSPS) is 41.9. The van der Waals surface area contributed by atoms with Crippen molar-refractivity contribution >= 4 is 15.2 Å². The molecule has 4 fully saturated rings. The molecule has 0 nitrogen and oxygen atoms in total. The highest BCUT2D eigenvalue weighted by Crippen LogP contribution is 2.61. The summed E-state index contributed by atoms with van der Waals surface area (Å²) in [5.74, 6) is 5.60. The molecule has 0 heterocycles. The number of rotatable bonds is 4. The quantitative estimate of drug-likeness (QED) is 0.400. The highest BCUT2D eigenvalue weighted by molar-refractivity contribution is 7.41. The minimum Gasteiger partial charge on any atom is -0.0711 e. The smallest absolute Gasteiger partial charge is 0.0448 e. The van der Waals surface area contributed by atoms with E-state index in [0.29, 0.717) is 5.41 Å². The molecule has 0 N–H and O–H groups in total. The first kappa shape index (κ1) is 21.7. The molecular formula is C26H50Si2. The molecule has 0 aromatic rings. The predicted octanol–water partition coefficient (Wildman–Crippen LogP) is 8.69. The summed E-state index contributed by atoms with van der Waals surface area (Å²) in [5.41, 5.74) is 2.85. The SMILES string of the molecule is CC(C)(C)CC1CCC([Si](C)(C)[Si](C)(C)C2CCC3CC4CCCC4CC32)C1. The average Bonchev–Trinajstić information content (AvgIpc) is 3.29. The van der Waals surface area contributed by atoms with Crippen molar-refractivity contribution in [1.29, 1.82) is 0 Å². The fourth-order valence-electron chi connectivity index (χ4n) is 8.95. The molecule has 0 aromatic heterocycles. The van der Waals surface area contributed by atoms with E-state index in [2.05, 4.69) is 47.0 Å². The maximum Gasteiger partial charge on any atom is 0.0448 e. The molecule has 162 valence electrons. The molecular weight excluding hydrogens is 368 g/mol. The lowest BCUT2D eigenvalue weighted by Gasteiger charge is -2.50. The van der Waals surface area contributed by atoms with Crippen LogP contribution < -0.4 is 0 Å². The molecule has 0 spiro atoms. The van der Waals surface area contributed by atoms with Crippen LogP contribution in [0.25, 0.3) is 0 Å². The highest BCUT2D eigenvalue weighted by atomic mass is 29.3. The maximum absolute atomic E-state index is 2.89. The molecule has 0 radical (unpaired) electrons. The van der Waals surface area contributed by atoms with Gasteiger partial charge >= 0.3 is 0 Å². The molecule has 4 aliphatic rings. The van der Waals surface area contributed by atoms with Crippen molar-refractivity contribution in [2.75, 3.05) is 0 Å². The Bertz CT molecular complexity index is 557. The van der Waals surface area contributed by atoms with E-state index in [9.17, 15) is 0 Å². The molecule has 0 amide bonds. The van der Waals surface area contributed by atoms with Crippen LogP contribution in [0.2, 0.25) is 37.3 Å². The molecule has 0 bridgehead atoms. The monoisotopic (exact) mass is 418 g/mol. The summed E-state index contributed by atoms with van der Waals surface area (Å²) in [7, 11) is -2.32. The zero-order chi connectivity index (χ0) is 20.3. The van der Waals surface area contributed by atoms with Crippen LogP contribution in [0.1, 0.15) is 91.4 Å². The van der Waals surface area contributed by atoms with E-state index in [0.717, 1.165) is 35.1 Å². The Morgan fingerprint density at radius 3 is 2.04 bits per heavy atom. The van der Waals surface area contributed by atoms with E-state index in [1.54, 1.807) is 64.2 Å². The van der Waals surface area contributed by atoms with Gasteiger partial charge in [0.15, 0.2) is 0 Å². The third-order valence-corrected chi connectivity index (χ3v) is 31.8. The predicted molar refractivity (Wildman–Crippen MR) is 130 cm³/mol. The maximum atomic E-state index is 2.89. The van der Waals surface area contributed by atoms with Gasteiger partial charge in [0.1, 0.15) is 0 Å². The van der Waals surface area contributed by atoms with Crippen molar-refractivity contribution in [1.82, 2.24) is 0 Å². The first-order chi connectivity index (χ1) is 13.0. The van der Waals surface area contributed by atoms with Crippen molar-refractivity contribution in [3.63, 3.8) is 0 Å². The Labute approximate surface area is 178 Å². The van der Waals surface area contributed by atoms with Crippen molar-refractivity contribution in [2.45, 2.75) is 129 Å². The fourth-order valence-corrected chi connectivity index (χ4v) is 23.0. The number of fused-ring (bicyclic) bond motifs is 2. The van der Waals surface area contributed by atoms with Crippen LogP contribution in [0.3, 0.4) is 0 Å². The van der Waals surface area contributed by atoms with E-state index in [4.69, 9.17) is 0 Å². The summed E-state index contributed by atoms with van der Waals surface area (Å²) in [6.07, 6.45) is 17.4. The molecule has 4 rings (SSSR count). The van der Waals surface area contributed by atoms with Gasteiger partial charge in [-0.25, -0.2) is 0 Å². The second-order valence-electron chi connectivity index (χ2n) is 14.1. The molecule has 4 saturated carbocycles. The minimum absolute atomic E-state index is 0.525. The van der Waals surface area contributed by atoms with Crippen LogP contribution in [0, 0.1) is 35.0 Å². The van der Waals surface area contributed by atoms with E-state index in [1.807, 2.05) is 0 Å². The average molecular weight is 419 g/mol. The molecule has 7 unspecified atom stereocenters. The first-order valence-electron chi connectivity index (χ1n) is 13.0. The Morgan fingerprint density at radius 2 is 1.36 bits per heavy atom. The van der Waals surface area contributed by atoms with Crippen molar-refractivity contribution in [3.05, 3.63) is 0 Å². The Morgan fingerprint density at radius 1 is 0.679 bits per heavy atom. The zero-order valence-electron chi connectivity index (χ0n) is 20.3. The number of hydrogen-bond donors (Lipinski definition) is 0. The highest BCUT2D eigenvalue weighted by Gasteiger charge is 2.57.